The number of nitrogens with one attached hydrogen (secondary N) is 3. The molecule has 0 aromatic heterocycles. The molecule has 0 saturated carbocycles. The summed E-state index contributed by atoms with van der Waals surface area (Å²) >= 11 is 0. The molecule has 3 N–H and O–H groups in total. The maximum absolute atomic E-state index is 10.0. The Kier molecular flexibility index (Phi) is 1.93. The average molecular weight is 132 g/mol. The molecular formula is C3H8N4O2. The van der Waals surface area contributed by atoms with Crippen LogP contribution in [0.5, 0.6) is 0 Å². The van der Waals surface area contributed by atoms with Crippen LogP contribution in [0.4, 0.5) is 0 Å². The van der Waals surface area contributed by atoms with E-state index in [9.17, 15) is 10.1 Å². The lowest BCUT2D eigenvalue weighted by Gasteiger charge is -2.18. The van der Waals surface area contributed by atoms with Gasteiger partial charge in [0.25, 0.3) is 0 Å². The van der Waals surface area contributed by atoms with E-state index in [4.69, 9.17) is 0 Å². The van der Waals surface area contributed by atoms with Gasteiger partial charge in [0.2, 0.25) is 0 Å². The van der Waals surface area contributed by atoms with E-state index in [2.05, 4.69) is 16.0 Å². The Morgan fingerprint density at radius 1 is 1.44 bits per heavy atom. The third kappa shape index (κ3) is 1.60. The van der Waals surface area contributed by atoms with Crippen molar-refractivity contribution in [2.45, 2.75) is 6.29 Å². The fourth-order valence-corrected chi connectivity index (χ4v) is 0.621. The molecule has 0 aromatic carbocycles. The third-order valence-electron chi connectivity index (χ3n) is 1.05. The van der Waals surface area contributed by atoms with Crippen LogP contribution in [-0.4, -0.2) is 24.6 Å². The predicted molar refractivity (Wildman–Crippen MR) is 29.9 cm³/mol. The zero-order valence-corrected chi connectivity index (χ0v) is 4.76. The number of nitrogens with zero attached hydrogens (tertiary/aromatic N) is 1. The summed E-state index contributed by atoms with van der Waals surface area (Å²) in [5.41, 5.74) is 0. The van der Waals surface area contributed by atoms with Gasteiger partial charge >= 0.3 is 6.29 Å². The van der Waals surface area contributed by atoms with Crippen LogP contribution in [0.25, 0.3) is 0 Å². The summed E-state index contributed by atoms with van der Waals surface area (Å²) in [6.07, 6.45) is -0.786. The topological polar surface area (TPSA) is 79.2 Å². The molecule has 0 radical (unpaired) electrons. The number of rotatable bonds is 1. The molecule has 1 fully saturated rings. The van der Waals surface area contributed by atoms with Crippen molar-refractivity contribution in [1.29, 1.82) is 0 Å². The summed E-state index contributed by atoms with van der Waals surface area (Å²) in [5, 5.41) is 18.0. The lowest BCUT2D eigenvalue weighted by Crippen LogP contribution is -2.59. The standard InChI is InChI=1S/C3H8N4O2/c8-7(9)3-5-1-4-2-6-3/h3-6H,1-2H2. The molecule has 1 heterocycles. The zero-order chi connectivity index (χ0) is 6.69. The highest BCUT2D eigenvalue weighted by atomic mass is 16.6. The molecule has 0 aromatic rings. The van der Waals surface area contributed by atoms with Crippen LogP contribution in [0.1, 0.15) is 0 Å². The minimum absolute atomic E-state index is 0.402. The molecular weight excluding hydrogens is 124 g/mol. The van der Waals surface area contributed by atoms with E-state index in [-0.39, 0.29) is 0 Å². The van der Waals surface area contributed by atoms with Gasteiger partial charge in [-0.3, -0.25) is 15.4 Å². The van der Waals surface area contributed by atoms with Gasteiger partial charge in [-0.25, -0.2) is 10.6 Å². The normalized spacial score (nSPS) is 21.8. The zero-order valence-electron chi connectivity index (χ0n) is 4.76. The highest BCUT2D eigenvalue weighted by Crippen LogP contribution is 1.79. The van der Waals surface area contributed by atoms with Gasteiger partial charge in [-0.1, -0.05) is 0 Å². The molecule has 9 heavy (non-hydrogen) atoms. The molecule has 0 unspecified atom stereocenters. The molecule has 1 saturated heterocycles. The van der Waals surface area contributed by atoms with Crippen LogP contribution in [0.3, 0.4) is 0 Å². The number of hydrogen-bond donors (Lipinski definition) is 3. The van der Waals surface area contributed by atoms with Crippen molar-refractivity contribution < 1.29 is 4.92 Å². The SMILES string of the molecule is O=[N+]([O-])C1NCNCN1. The summed E-state index contributed by atoms with van der Waals surface area (Å²) < 4.78 is 0. The Morgan fingerprint density at radius 2 is 2.00 bits per heavy atom. The van der Waals surface area contributed by atoms with Crippen LogP contribution >= 0.6 is 0 Å². The first-order chi connectivity index (χ1) is 4.30. The van der Waals surface area contributed by atoms with E-state index in [1.165, 1.54) is 0 Å². The van der Waals surface area contributed by atoms with Crippen molar-refractivity contribution >= 4 is 0 Å². The first kappa shape index (κ1) is 6.40. The van der Waals surface area contributed by atoms with Crippen LogP contribution in [-0.2, 0) is 0 Å². The highest BCUT2D eigenvalue weighted by molar-refractivity contribution is 4.56. The van der Waals surface area contributed by atoms with Crippen molar-refractivity contribution in [2.75, 3.05) is 13.3 Å². The van der Waals surface area contributed by atoms with Gasteiger partial charge in [0.05, 0.1) is 18.3 Å². The van der Waals surface area contributed by atoms with Gasteiger partial charge in [-0.2, -0.15) is 0 Å². The monoisotopic (exact) mass is 132 g/mol. The largest absolute Gasteiger partial charge is 0.325 e. The van der Waals surface area contributed by atoms with Gasteiger partial charge in [-0.15, -0.1) is 0 Å². The van der Waals surface area contributed by atoms with Gasteiger partial charge in [0, 0.05) is 0 Å². The minimum Gasteiger partial charge on any atom is -0.291 e. The molecule has 6 heteroatoms. The summed E-state index contributed by atoms with van der Waals surface area (Å²) in [6, 6.07) is 0. The molecule has 0 bridgehead atoms. The first-order valence-corrected chi connectivity index (χ1v) is 2.61. The molecule has 1 aliphatic heterocycles. The molecule has 6 nitrogen and oxygen atoms in total. The van der Waals surface area contributed by atoms with Gasteiger partial charge in [-0.05, 0) is 0 Å². The van der Waals surface area contributed by atoms with Gasteiger partial charge in [0.1, 0.15) is 0 Å². The molecule has 0 aliphatic carbocycles. The second-order valence-electron chi connectivity index (χ2n) is 1.70. The average Bonchev–Trinajstić information content (AvgIpc) is 1.90. The van der Waals surface area contributed by atoms with E-state index < -0.39 is 11.2 Å². The van der Waals surface area contributed by atoms with Crippen LogP contribution < -0.4 is 16.0 Å². The van der Waals surface area contributed by atoms with Gasteiger partial charge in [0.15, 0.2) is 0 Å². The van der Waals surface area contributed by atoms with Crippen molar-refractivity contribution in [3.63, 3.8) is 0 Å². The number of hydrogen-bond acceptors (Lipinski definition) is 5. The van der Waals surface area contributed by atoms with E-state index >= 15 is 0 Å². The summed E-state index contributed by atoms with van der Waals surface area (Å²) in [6.45, 7) is 0.970. The molecule has 1 aliphatic rings. The Hall–Kier alpha value is -0.720. The highest BCUT2D eigenvalue weighted by Gasteiger charge is 2.19. The quantitative estimate of drug-likeness (QED) is 0.291. The molecule has 0 spiro atoms. The fourth-order valence-electron chi connectivity index (χ4n) is 0.621. The van der Waals surface area contributed by atoms with Crippen LogP contribution in [0.15, 0.2) is 0 Å². The summed E-state index contributed by atoms with van der Waals surface area (Å²) in [4.78, 5) is 9.61. The second kappa shape index (κ2) is 2.72. The molecule has 0 atom stereocenters. The predicted octanol–water partition coefficient (Wildman–Crippen LogP) is -1.76. The Bertz CT molecular complexity index is 110. The number of nitro groups is 1. The fraction of sp³-hybridized carbons (Fsp3) is 1.00. The Morgan fingerprint density at radius 3 is 2.33 bits per heavy atom. The summed E-state index contributed by atoms with van der Waals surface area (Å²) in [7, 11) is 0. The van der Waals surface area contributed by atoms with E-state index in [1.807, 2.05) is 0 Å². The molecule has 1 rings (SSSR count). The van der Waals surface area contributed by atoms with E-state index in [0.717, 1.165) is 0 Å². The van der Waals surface area contributed by atoms with Crippen molar-refractivity contribution in [2.24, 2.45) is 0 Å². The summed E-state index contributed by atoms with van der Waals surface area (Å²) in [5.74, 6) is 0. The smallest absolute Gasteiger partial charge is 0.291 e. The Balaban J connectivity index is 2.31. The van der Waals surface area contributed by atoms with Crippen molar-refractivity contribution in [3.8, 4) is 0 Å². The maximum atomic E-state index is 10.0. The van der Waals surface area contributed by atoms with E-state index in [1.54, 1.807) is 0 Å². The third-order valence-corrected chi connectivity index (χ3v) is 1.05. The van der Waals surface area contributed by atoms with E-state index in [0.29, 0.717) is 13.3 Å². The van der Waals surface area contributed by atoms with Crippen molar-refractivity contribution in [1.82, 2.24) is 16.0 Å². The van der Waals surface area contributed by atoms with Crippen LogP contribution in [0, 0.1) is 10.1 Å². The minimum atomic E-state index is -0.786. The first-order valence-electron chi connectivity index (χ1n) is 2.61. The maximum Gasteiger partial charge on any atom is 0.325 e. The van der Waals surface area contributed by atoms with Gasteiger partial charge < -0.3 is 0 Å². The van der Waals surface area contributed by atoms with Crippen LogP contribution in [0.2, 0.25) is 0 Å². The van der Waals surface area contributed by atoms with Crippen molar-refractivity contribution in [3.05, 3.63) is 10.1 Å². The Labute approximate surface area is 51.8 Å². The molecule has 52 valence electrons. The lowest BCUT2D eigenvalue weighted by molar-refractivity contribution is -0.538. The molecule has 0 amide bonds. The second-order valence-corrected chi connectivity index (χ2v) is 1.70. The lowest BCUT2D eigenvalue weighted by atomic mass is 10.7.